The van der Waals surface area contributed by atoms with Crippen LogP contribution in [0.2, 0.25) is 0 Å². The quantitative estimate of drug-likeness (QED) is 0.363. The number of piperidine rings is 1. The molecule has 0 spiro atoms. The van der Waals surface area contributed by atoms with Gasteiger partial charge in [-0.2, -0.15) is 0 Å². The first-order valence-corrected chi connectivity index (χ1v) is 15.4. The van der Waals surface area contributed by atoms with Crippen LogP contribution >= 0.6 is 0 Å². The van der Waals surface area contributed by atoms with Crippen molar-refractivity contribution in [1.29, 1.82) is 0 Å². The van der Waals surface area contributed by atoms with Crippen LogP contribution in [0.15, 0.2) is 48.5 Å². The highest BCUT2D eigenvalue weighted by molar-refractivity contribution is 6.01. The maximum Gasteiger partial charge on any atom is 0.409 e. The number of carbonyl (C=O) groups excluding carboxylic acids is 2. The van der Waals surface area contributed by atoms with Gasteiger partial charge in [0.05, 0.1) is 19.3 Å². The number of fused-ring (bicyclic) bond motifs is 3. The molecule has 0 saturated carbocycles. The molecule has 3 atom stereocenters. The van der Waals surface area contributed by atoms with Crippen molar-refractivity contribution in [1.82, 2.24) is 19.4 Å². The van der Waals surface area contributed by atoms with Crippen LogP contribution in [0.25, 0.3) is 0 Å². The van der Waals surface area contributed by atoms with Crippen LogP contribution < -0.4 is 10.2 Å². The molecule has 2 aromatic carbocycles. The number of urea groups is 1. The molecule has 0 radical (unpaired) electrons. The number of ether oxygens (including phenoxy) is 1. The molecule has 9 nitrogen and oxygen atoms in total. The summed E-state index contributed by atoms with van der Waals surface area (Å²) in [5.41, 5.74) is 4.64. The Balaban J connectivity index is 1.10. The Morgan fingerprint density at radius 2 is 1.81 bits per heavy atom. The predicted molar refractivity (Wildman–Crippen MR) is 164 cm³/mol. The van der Waals surface area contributed by atoms with E-state index in [1.165, 1.54) is 37.8 Å². The Morgan fingerprint density at radius 3 is 2.51 bits per heavy atom. The molecule has 3 aliphatic rings. The Morgan fingerprint density at radius 1 is 1.07 bits per heavy atom. The molecule has 4 heterocycles. The number of aryl methyl sites for hydroxylation is 2. The number of imidazole rings is 1. The van der Waals surface area contributed by atoms with Gasteiger partial charge in [-0.3, -0.25) is 9.80 Å². The second-order valence-electron chi connectivity index (χ2n) is 12.1. The van der Waals surface area contributed by atoms with Gasteiger partial charge < -0.3 is 19.5 Å². The van der Waals surface area contributed by atoms with Gasteiger partial charge in [0.25, 0.3) is 0 Å². The van der Waals surface area contributed by atoms with E-state index in [0.717, 1.165) is 49.3 Å². The fourth-order valence-corrected chi connectivity index (χ4v) is 7.36. The third-order valence-corrected chi connectivity index (χ3v) is 9.35. The summed E-state index contributed by atoms with van der Waals surface area (Å²) >= 11 is 0. The van der Waals surface area contributed by atoms with Crippen molar-refractivity contribution in [3.8, 4) is 0 Å². The standard InChI is InChI=1S/C33H41FN6O3/c1-22-8-10-25(11-9-22)36-32(41)39(26-7-4-6-24(34)18-26)16-5-15-38-27-12-13-28(38)20-29(19-27)40-23(2)35-30-21-37(33(42)43-3)17-14-31(30)40/h4,6-11,18,27-29H,5,12-17,19-21H2,1-3H3,(H,36,41)/t27-,28?,29?/m0/s1. The number of benzene rings is 2. The minimum absolute atomic E-state index is 0.262. The normalized spacial score (nSPS) is 21.4. The molecule has 3 aliphatic heterocycles. The molecule has 2 bridgehead atoms. The van der Waals surface area contributed by atoms with E-state index in [4.69, 9.17) is 9.72 Å². The average molecular weight is 589 g/mol. The lowest BCUT2D eigenvalue weighted by atomic mass is 9.95. The fraction of sp³-hybridized carbons (Fsp3) is 0.485. The highest BCUT2D eigenvalue weighted by Crippen LogP contribution is 2.42. The van der Waals surface area contributed by atoms with Gasteiger partial charge in [-0.15, -0.1) is 0 Å². The monoisotopic (exact) mass is 588 g/mol. The van der Waals surface area contributed by atoms with E-state index in [-0.39, 0.29) is 17.9 Å². The number of hydrogen-bond donors (Lipinski definition) is 1. The minimum Gasteiger partial charge on any atom is -0.453 e. The summed E-state index contributed by atoms with van der Waals surface area (Å²) in [6.07, 6.45) is 5.78. The van der Waals surface area contributed by atoms with Crippen LogP contribution in [0.4, 0.5) is 25.4 Å². The van der Waals surface area contributed by atoms with Crippen molar-refractivity contribution in [2.75, 3.05) is 37.0 Å². The molecular weight excluding hydrogens is 547 g/mol. The summed E-state index contributed by atoms with van der Waals surface area (Å²) in [6.45, 7) is 6.62. The van der Waals surface area contributed by atoms with Gasteiger partial charge in [0.2, 0.25) is 0 Å². The maximum atomic E-state index is 14.1. The number of nitrogens with zero attached hydrogens (tertiary/aromatic N) is 5. The molecule has 6 rings (SSSR count). The molecular formula is C33H41FN6O3. The zero-order valence-corrected chi connectivity index (χ0v) is 25.3. The SMILES string of the molecule is COC(=O)N1CCc2c(nc(C)n2C2CC3CC[C@@H](C2)N3CCCN(C(=O)Nc2ccc(C)cc2)c2cccc(F)c2)C1. The van der Waals surface area contributed by atoms with Crippen molar-refractivity contribution < 1.29 is 18.7 Å². The number of methoxy groups -OCH3 is 1. The number of nitrogens with one attached hydrogen (secondary N) is 1. The van der Waals surface area contributed by atoms with Crippen molar-refractivity contribution in [3.63, 3.8) is 0 Å². The summed E-state index contributed by atoms with van der Waals surface area (Å²) < 4.78 is 21.5. The van der Waals surface area contributed by atoms with E-state index >= 15 is 0 Å². The Kier molecular flexibility index (Phi) is 8.38. The molecule has 228 valence electrons. The van der Waals surface area contributed by atoms with Crippen LogP contribution in [-0.2, 0) is 17.7 Å². The lowest BCUT2D eigenvalue weighted by Gasteiger charge is -2.41. The zero-order valence-electron chi connectivity index (χ0n) is 25.3. The molecule has 0 aliphatic carbocycles. The maximum absolute atomic E-state index is 14.1. The molecule has 2 fully saturated rings. The molecule has 1 aromatic heterocycles. The Bertz CT molecular complexity index is 1460. The minimum atomic E-state index is -0.360. The summed E-state index contributed by atoms with van der Waals surface area (Å²) in [5.74, 6) is 0.667. The van der Waals surface area contributed by atoms with Crippen LogP contribution in [-0.4, -0.2) is 70.3 Å². The van der Waals surface area contributed by atoms with Crippen molar-refractivity contribution in [2.24, 2.45) is 0 Å². The first kappa shape index (κ1) is 29.2. The molecule has 10 heteroatoms. The van der Waals surface area contributed by atoms with Gasteiger partial charge in [0.15, 0.2) is 0 Å². The first-order chi connectivity index (χ1) is 20.8. The molecule has 3 amide bonds. The number of anilines is 2. The topological polar surface area (TPSA) is 82.9 Å². The van der Waals surface area contributed by atoms with Crippen LogP contribution in [0.5, 0.6) is 0 Å². The van der Waals surface area contributed by atoms with Gasteiger partial charge in [-0.1, -0.05) is 23.8 Å². The van der Waals surface area contributed by atoms with Gasteiger partial charge >= 0.3 is 12.1 Å². The summed E-state index contributed by atoms with van der Waals surface area (Å²) in [6, 6.07) is 15.0. The Labute approximate surface area is 252 Å². The van der Waals surface area contributed by atoms with Crippen LogP contribution in [0, 0.1) is 19.7 Å². The number of rotatable bonds is 7. The number of halogens is 1. The average Bonchev–Trinajstić information content (AvgIpc) is 3.45. The largest absolute Gasteiger partial charge is 0.453 e. The number of carbonyl (C=O) groups is 2. The molecule has 3 aromatic rings. The highest BCUT2D eigenvalue weighted by atomic mass is 19.1. The van der Waals surface area contributed by atoms with Crippen molar-refractivity contribution in [2.45, 2.75) is 77.0 Å². The van der Waals surface area contributed by atoms with Gasteiger partial charge in [0.1, 0.15) is 11.6 Å². The smallest absolute Gasteiger partial charge is 0.409 e. The second-order valence-corrected chi connectivity index (χ2v) is 12.1. The molecule has 2 unspecified atom stereocenters. The summed E-state index contributed by atoms with van der Waals surface area (Å²) in [5, 5.41) is 2.98. The number of aromatic nitrogens is 2. The fourth-order valence-electron chi connectivity index (χ4n) is 7.36. The van der Waals surface area contributed by atoms with E-state index < -0.39 is 0 Å². The molecule has 1 N–H and O–H groups in total. The number of amides is 3. The highest BCUT2D eigenvalue weighted by Gasteiger charge is 2.42. The zero-order chi connectivity index (χ0) is 30.1. The van der Waals surface area contributed by atoms with E-state index in [2.05, 4.69) is 21.7 Å². The predicted octanol–water partition coefficient (Wildman–Crippen LogP) is 6.06. The van der Waals surface area contributed by atoms with E-state index in [1.54, 1.807) is 21.9 Å². The summed E-state index contributed by atoms with van der Waals surface area (Å²) in [7, 11) is 1.42. The second kappa shape index (κ2) is 12.4. The first-order valence-electron chi connectivity index (χ1n) is 15.4. The third-order valence-electron chi connectivity index (χ3n) is 9.35. The van der Waals surface area contributed by atoms with E-state index in [0.29, 0.717) is 49.1 Å². The van der Waals surface area contributed by atoms with Gasteiger partial charge in [-0.05, 0) is 76.3 Å². The lowest BCUT2D eigenvalue weighted by molar-refractivity contribution is 0.103. The summed E-state index contributed by atoms with van der Waals surface area (Å²) in [4.78, 5) is 36.3. The van der Waals surface area contributed by atoms with Crippen molar-refractivity contribution >= 4 is 23.5 Å². The molecule has 2 saturated heterocycles. The number of hydrogen-bond acceptors (Lipinski definition) is 5. The van der Waals surface area contributed by atoms with Crippen molar-refractivity contribution in [3.05, 3.63) is 77.1 Å². The third kappa shape index (κ3) is 6.11. The van der Waals surface area contributed by atoms with Gasteiger partial charge in [0, 0.05) is 61.2 Å². The Hall–Kier alpha value is -3.92. The lowest BCUT2D eigenvalue weighted by Crippen LogP contribution is -2.45. The van der Waals surface area contributed by atoms with Crippen LogP contribution in [0.3, 0.4) is 0 Å². The van der Waals surface area contributed by atoms with Crippen LogP contribution in [0.1, 0.15) is 60.9 Å². The van der Waals surface area contributed by atoms with E-state index in [9.17, 15) is 14.0 Å². The van der Waals surface area contributed by atoms with E-state index in [1.807, 2.05) is 31.2 Å². The molecule has 43 heavy (non-hydrogen) atoms. The van der Waals surface area contributed by atoms with Gasteiger partial charge in [-0.25, -0.2) is 19.0 Å².